The summed E-state index contributed by atoms with van der Waals surface area (Å²) in [6.07, 6.45) is 0.476. The third-order valence-corrected chi connectivity index (χ3v) is 4.15. The molecule has 1 heterocycles. The Kier molecular flexibility index (Phi) is 4.59. The molecular weight excluding hydrogens is 284 g/mol. The van der Waals surface area contributed by atoms with Crippen molar-refractivity contribution in [1.29, 1.82) is 0 Å². The van der Waals surface area contributed by atoms with Crippen LogP contribution in [0.25, 0.3) is 0 Å². The maximum absolute atomic E-state index is 12.2. The minimum absolute atomic E-state index is 0.235. The minimum atomic E-state index is -0.858. The largest absolute Gasteiger partial charge is 0.496 e. The van der Waals surface area contributed by atoms with Crippen LogP contribution in [0.1, 0.15) is 24.5 Å². The number of carboxylic acid groups (broad SMARTS) is 1. The minimum Gasteiger partial charge on any atom is -0.496 e. The molecule has 0 bridgehead atoms. The molecule has 6 heteroatoms. The van der Waals surface area contributed by atoms with Crippen molar-refractivity contribution in [1.82, 2.24) is 10.2 Å². The van der Waals surface area contributed by atoms with Gasteiger partial charge in [-0.3, -0.25) is 4.79 Å². The maximum atomic E-state index is 12.2. The molecule has 0 radical (unpaired) electrons. The zero-order valence-electron chi connectivity index (χ0n) is 13.2. The van der Waals surface area contributed by atoms with E-state index < -0.39 is 11.4 Å². The second kappa shape index (κ2) is 6.25. The topological polar surface area (TPSA) is 78.9 Å². The summed E-state index contributed by atoms with van der Waals surface area (Å²) in [6.45, 7) is 4.69. The van der Waals surface area contributed by atoms with Gasteiger partial charge in [0.1, 0.15) is 5.75 Å². The molecule has 2 amide bonds. The smallest absolute Gasteiger partial charge is 0.317 e. The molecule has 1 fully saturated rings. The molecule has 22 heavy (non-hydrogen) atoms. The molecule has 2 N–H and O–H groups in total. The van der Waals surface area contributed by atoms with Crippen LogP contribution in [0.2, 0.25) is 0 Å². The second-order valence-electron chi connectivity index (χ2n) is 6.01. The highest BCUT2D eigenvalue weighted by molar-refractivity contribution is 5.79. The van der Waals surface area contributed by atoms with Crippen molar-refractivity contribution in [3.8, 4) is 5.75 Å². The fraction of sp³-hybridized carbons (Fsp3) is 0.500. The lowest BCUT2D eigenvalue weighted by atomic mass is 9.90. The van der Waals surface area contributed by atoms with Crippen molar-refractivity contribution in [2.24, 2.45) is 5.41 Å². The highest BCUT2D eigenvalue weighted by Crippen LogP contribution is 2.30. The highest BCUT2D eigenvalue weighted by atomic mass is 16.5. The van der Waals surface area contributed by atoms with Gasteiger partial charge >= 0.3 is 12.0 Å². The zero-order chi connectivity index (χ0) is 16.3. The summed E-state index contributed by atoms with van der Waals surface area (Å²) < 4.78 is 5.31. The molecule has 1 aliphatic rings. The van der Waals surface area contributed by atoms with Gasteiger partial charge in [0.2, 0.25) is 0 Å². The molecule has 120 valence electrons. The van der Waals surface area contributed by atoms with E-state index in [0.29, 0.717) is 19.5 Å². The number of hydrogen-bond donors (Lipinski definition) is 2. The number of aliphatic carboxylic acids is 1. The van der Waals surface area contributed by atoms with Crippen molar-refractivity contribution < 1.29 is 19.4 Å². The van der Waals surface area contributed by atoms with Crippen LogP contribution < -0.4 is 10.1 Å². The molecule has 1 aliphatic heterocycles. The predicted molar refractivity (Wildman–Crippen MR) is 81.9 cm³/mol. The maximum Gasteiger partial charge on any atom is 0.317 e. The summed E-state index contributed by atoms with van der Waals surface area (Å²) in [5.74, 6) is -0.125. The molecule has 1 unspecified atom stereocenters. The quantitative estimate of drug-likeness (QED) is 0.892. The number of ether oxygens (including phenoxy) is 1. The number of carbonyl (C=O) groups excluding carboxylic acids is 1. The number of nitrogens with one attached hydrogen (secondary N) is 1. The van der Waals surface area contributed by atoms with Crippen molar-refractivity contribution >= 4 is 12.0 Å². The standard InChI is InChI=1S/C16H22N2O4/c1-11-4-5-12(13(8-11)22-3)9-17-15(21)18-7-6-16(2,10-18)14(19)20/h4-5,8H,6-7,9-10H2,1-3H3,(H,17,21)(H,19,20). The fourth-order valence-corrected chi connectivity index (χ4v) is 2.59. The van der Waals surface area contributed by atoms with Crippen LogP contribution in [0.5, 0.6) is 5.75 Å². The number of carbonyl (C=O) groups is 2. The molecule has 1 aromatic carbocycles. The number of methoxy groups -OCH3 is 1. The van der Waals surface area contributed by atoms with E-state index in [0.717, 1.165) is 16.9 Å². The Morgan fingerprint density at radius 3 is 2.77 bits per heavy atom. The number of urea groups is 1. The number of aryl methyl sites for hydroxylation is 1. The normalized spacial score (nSPS) is 20.8. The van der Waals surface area contributed by atoms with Gasteiger partial charge in [0.25, 0.3) is 0 Å². The van der Waals surface area contributed by atoms with Crippen molar-refractivity contribution in [3.63, 3.8) is 0 Å². The second-order valence-corrected chi connectivity index (χ2v) is 6.01. The van der Waals surface area contributed by atoms with Gasteiger partial charge in [-0.25, -0.2) is 4.79 Å². The van der Waals surface area contributed by atoms with E-state index in [2.05, 4.69) is 5.32 Å². The molecule has 1 atom stereocenters. The molecule has 1 saturated heterocycles. The summed E-state index contributed by atoms with van der Waals surface area (Å²) in [7, 11) is 1.60. The number of hydrogen-bond acceptors (Lipinski definition) is 3. The van der Waals surface area contributed by atoms with Gasteiger partial charge in [-0.2, -0.15) is 0 Å². The molecule has 0 aliphatic carbocycles. The van der Waals surface area contributed by atoms with Gasteiger partial charge < -0.3 is 20.1 Å². The Labute approximate surface area is 130 Å². The number of likely N-dealkylation sites (tertiary alicyclic amines) is 1. The zero-order valence-corrected chi connectivity index (χ0v) is 13.2. The molecule has 1 aromatic rings. The van der Waals surface area contributed by atoms with E-state index in [4.69, 9.17) is 4.74 Å². The summed E-state index contributed by atoms with van der Waals surface area (Å²) in [5, 5.41) is 12.0. The number of benzene rings is 1. The highest BCUT2D eigenvalue weighted by Gasteiger charge is 2.42. The SMILES string of the molecule is COc1cc(C)ccc1CNC(=O)N1CCC(C)(C(=O)O)C1. The average Bonchev–Trinajstić information content (AvgIpc) is 2.89. The first-order valence-electron chi connectivity index (χ1n) is 7.25. The van der Waals surface area contributed by atoms with Crippen molar-refractivity contribution in [2.75, 3.05) is 20.2 Å². The number of rotatable bonds is 4. The van der Waals surface area contributed by atoms with Gasteiger partial charge in [0, 0.05) is 25.2 Å². The Morgan fingerprint density at radius 2 is 2.18 bits per heavy atom. The van der Waals surface area contributed by atoms with Crippen LogP contribution in [0.15, 0.2) is 18.2 Å². The first-order chi connectivity index (χ1) is 10.4. The predicted octanol–water partition coefficient (Wildman–Crippen LogP) is 2.01. The third-order valence-electron chi connectivity index (χ3n) is 4.15. The van der Waals surface area contributed by atoms with Crippen LogP contribution in [-0.4, -0.2) is 42.2 Å². The first kappa shape index (κ1) is 16.1. The molecular formula is C16H22N2O4. The Bertz CT molecular complexity index is 588. The molecule has 6 nitrogen and oxygen atoms in total. The Hall–Kier alpha value is -2.24. The summed E-state index contributed by atoms with van der Waals surface area (Å²) in [5.41, 5.74) is 1.13. The Morgan fingerprint density at radius 1 is 1.45 bits per heavy atom. The van der Waals surface area contributed by atoms with Crippen molar-refractivity contribution in [2.45, 2.75) is 26.8 Å². The average molecular weight is 306 g/mol. The van der Waals surface area contributed by atoms with Gasteiger partial charge in [0.15, 0.2) is 0 Å². The number of amides is 2. The molecule has 2 rings (SSSR count). The lowest BCUT2D eigenvalue weighted by molar-refractivity contribution is -0.146. The van der Waals surface area contributed by atoms with E-state index in [1.54, 1.807) is 18.9 Å². The number of carboxylic acids is 1. The molecule has 0 spiro atoms. The lowest BCUT2D eigenvalue weighted by Crippen LogP contribution is -2.40. The first-order valence-corrected chi connectivity index (χ1v) is 7.25. The monoisotopic (exact) mass is 306 g/mol. The van der Waals surface area contributed by atoms with Crippen LogP contribution in [0.4, 0.5) is 4.79 Å². The van der Waals surface area contributed by atoms with Crippen LogP contribution in [0.3, 0.4) is 0 Å². The van der Waals surface area contributed by atoms with Gasteiger partial charge in [-0.1, -0.05) is 12.1 Å². The van der Waals surface area contributed by atoms with E-state index in [-0.39, 0.29) is 12.6 Å². The van der Waals surface area contributed by atoms with Crippen LogP contribution in [0, 0.1) is 12.3 Å². The van der Waals surface area contributed by atoms with E-state index in [1.807, 2.05) is 25.1 Å². The molecule has 0 saturated carbocycles. The van der Waals surface area contributed by atoms with Gasteiger partial charge in [-0.05, 0) is 31.9 Å². The van der Waals surface area contributed by atoms with E-state index >= 15 is 0 Å². The molecule has 0 aromatic heterocycles. The van der Waals surface area contributed by atoms with Gasteiger partial charge in [-0.15, -0.1) is 0 Å². The van der Waals surface area contributed by atoms with E-state index in [1.165, 1.54) is 0 Å². The Balaban J connectivity index is 1.95. The van der Waals surface area contributed by atoms with E-state index in [9.17, 15) is 14.7 Å². The summed E-state index contributed by atoms with van der Waals surface area (Å²) in [4.78, 5) is 24.9. The fourth-order valence-electron chi connectivity index (χ4n) is 2.59. The summed E-state index contributed by atoms with van der Waals surface area (Å²) >= 11 is 0. The summed E-state index contributed by atoms with van der Waals surface area (Å²) in [6, 6.07) is 5.55. The lowest BCUT2D eigenvalue weighted by Gasteiger charge is -2.21. The van der Waals surface area contributed by atoms with Gasteiger partial charge in [0.05, 0.1) is 12.5 Å². The van der Waals surface area contributed by atoms with Crippen molar-refractivity contribution in [3.05, 3.63) is 29.3 Å². The number of nitrogens with zero attached hydrogens (tertiary/aromatic N) is 1. The van der Waals surface area contributed by atoms with Crippen LogP contribution >= 0.6 is 0 Å². The van der Waals surface area contributed by atoms with Crippen LogP contribution in [-0.2, 0) is 11.3 Å². The third kappa shape index (κ3) is 3.32.